The number of nitrogens with one attached hydrogen (secondary N) is 1. The molecule has 0 fully saturated rings. The number of aromatic amines is 1. The monoisotopic (exact) mass is 236 g/mol. The molecule has 0 aliphatic rings. The Morgan fingerprint density at radius 1 is 1.06 bits per heavy atom. The molecule has 0 amide bonds. The van der Waals surface area contributed by atoms with Gasteiger partial charge in [-0.15, -0.1) is 0 Å². The first-order valence-electron chi connectivity index (χ1n) is 7.23. The van der Waals surface area contributed by atoms with Crippen LogP contribution >= 0.6 is 0 Å². The maximum atomic E-state index is 4.12. The molecule has 1 atom stereocenters. The zero-order chi connectivity index (χ0) is 12.6. The van der Waals surface area contributed by atoms with Gasteiger partial charge < -0.3 is 0 Å². The van der Waals surface area contributed by atoms with Crippen LogP contribution in [0.2, 0.25) is 0 Å². The van der Waals surface area contributed by atoms with E-state index in [1.54, 1.807) is 0 Å². The molecule has 98 valence electrons. The van der Waals surface area contributed by atoms with Crippen molar-refractivity contribution in [3.63, 3.8) is 0 Å². The molecule has 1 unspecified atom stereocenters. The summed E-state index contributed by atoms with van der Waals surface area (Å²) in [6.45, 7) is 6.93. The molecular weight excluding hydrogens is 208 g/mol. The zero-order valence-corrected chi connectivity index (χ0v) is 11.8. The second-order valence-corrected chi connectivity index (χ2v) is 5.45. The van der Waals surface area contributed by atoms with Crippen molar-refractivity contribution in [1.29, 1.82) is 0 Å². The van der Waals surface area contributed by atoms with Gasteiger partial charge in [0.05, 0.1) is 0 Å². The van der Waals surface area contributed by atoms with Gasteiger partial charge >= 0.3 is 0 Å². The van der Waals surface area contributed by atoms with Gasteiger partial charge in [0.15, 0.2) is 0 Å². The average Bonchev–Trinajstić information content (AvgIpc) is 2.86. The van der Waals surface area contributed by atoms with E-state index in [9.17, 15) is 0 Å². The van der Waals surface area contributed by atoms with Crippen LogP contribution in [0, 0.1) is 0 Å². The molecular formula is C15H28N2. The van der Waals surface area contributed by atoms with E-state index in [-0.39, 0.29) is 0 Å². The molecule has 0 spiro atoms. The van der Waals surface area contributed by atoms with Crippen LogP contribution in [0.5, 0.6) is 0 Å². The van der Waals surface area contributed by atoms with Crippen molar-refractivity contribution in [2.75, 3.05) is 0 Å². The fourth-order valence-electron chi connectivity index (χ4n) is 2.50. The van der Waals surface area contributed by atoms with E-state index in [1.165, 1.54) is 57.1 Å². The lowest BCUT2D eigenvalue weighted by Gasteiger charge is -2.28. The molecule has 0 radical (unpaired) electrons. The first-order valence-corrected chi connectivity index (χ1v) is 7.23. The Bertz CT molecular complexity index is 279. The van der Waals surface area contributed by atoms with Gasteiger partial charge in [0.25, 0.3) is 0 Å². The summed E-state index contributed by atoms with van der Waals surface area (Å²) in [6, 6.07) is 2.15. The van der Waals surface area contributed by atoms with E-state index in [1.807, 2.05) is 6.20 Å². The highest BCUT2D eigenvalue weighted by atomic mass is 15.1. The summed E-state index contributed by atoms with van der Waals surface area (Å²) < 4.78 is 0. The molecule has 0 saturated carbocycles. The van der Waals surface area contributed by atoms with Crippen LogP contribution in [0.3, 0.4) is 0 Å². The molecule has 1 N–H and O–H groups in total. The third-order valence-corrected chi connectivity index (χ3v) is 3.82. The molecule has 1 aromatic rings. The number of unbranched alkanes of at least 4 members (excludes halogenated alkanes) is 4. The van der Waals surface area contributed by atoms with Gasteiger partial charge in [-0.25, -0.2) is 0 Å². The molecule has 0 aromatic carbocycles. The van der Waals surface area contributed by atoms with Crippen LogP contribution in [0.1, 0.15) is 77.8 Å². The average molecular weight is 236 g/mol. The highest BCUT2D eigenvalue weighted by molar-refractivity contribution is 5.13. The first kappa shape index (κ1) is 14.3. The van der Waals surface area contributed by atoms with Crippen LogP contribution in [-0.4, -0.2) is 10.2 Å². The Balaban J connectivity index is 2.53. The maximum absolute atomic E-state index is 4.12. The minimum Gasteiger partial charge on any atom is -0.282 e. The zero-order valence-electron chi connectivity index (χ0n) is 11.8. The summed E-state index contributed by atoms with van der Waals surface area (Å²) in [6.07, 6.45) is 12.4. The lowest BCUT2D eigenvalue weighted by atomic mass is 9.77. The van der Waals surface area contributed by atoms with Crippen molar-refractivity contribution in [3.05, 3.63) is 18.0 Å². The molecule has 1 aromatic heterocycles. The summed E-state index contributed by atoms with van der Waals surface area (Å²) in [7, 11) is 0. The van der Waals surface area contributed by atoms with Crippen molar-refractivity contribution in [1.82, 2.24) is 10.2 Å². The summed E-state index contributed by atoms with van der Waals surface area (Å²) in [5, 5.41) is 7.29. The second-order valence-electron chi connectivity index (χ2n) is 5.45. The van der Waals surface area contributed by atoms with Crippen molar-refractivity contribution in [2.24, 2.45) is 0 Å². The lowest BCUT2D eigenvalue weighted by Crippen LogP contribution is -2.22. The smallest absolute Gasteiger partial charge is 0.0490 e. The van der Waals surface area contributed by atoms with Crippen LogP contribution in [0.4, 0.5) is 0 Å². The van der Waals surface area contributed by atoms with E-state index in [0.29, 0.717) is 5.41 Å². The SMILES string of the molecule is CCCCCCC(C)(CCCC)c1ccn[nH]1. The molecule has 17 heavy (non-hydrogen) atoms. The number of nitrogens with zero attached hydrogens (tertiary/aromatic N) is 1. The summed E-state index contributed by atoms with van der Waals surface area (Å²) in [5.41, 5.74) is 1.63. The molecule has 1 rings (SSSR count). The van der Waals surface area contributed by atoms with Crippen molar-refractivity contribution >= 4 is 0 Å². The largest absolute Gasteiger partial charge is 0.282 e. The third kappa shape index (κ3) is 4.53. The Hall–Kier alpha value is -0.790. The Labute approximate surface area is 106 Å². The minimum atomic E-state index is 0.306. The highest BCUT2D eigenvalue weighted by Gasteiger charge is 2.26. The van der Waals surface area contributed by atoms with E-state index in [4.69, 9.17) is 0 Å². The maximum Gasteiger partial charge on any atom is 0.0490 e. The first-order chi connectivity index (χ1) is 8.23. The van der Waals surface area contributed by atoms with Crippen LogP contribution in [-0.2, 0) is 5.41 Å². The van der Waals surface area contributed by atoms with Gasteiger partial charge in [-0.05, 0) is 18.9 Å². The third-order valence-electron chi connectivity index (χ3n) is 3.82. The van der Waals surface area contributed by atoms with E-state index in [2.05, 4.69) is 37.0 Å². The predicted molar refractivity (Wildman–Crippen MR) is 74.2 cm³/mol. The fourth-order valence-corrected chi connectivity index (χ4v) is 2.50. The Kier molecular flexibility index (Phi) is 6.31. The number of aromatic nitrogens is 2. The Morgan fingerprint density at radius 2 is 1.76 bits per heavy atom. The van der Waals surface area contributed by atoms with Gasteiger partial charge in [-0.3, -0.25) is 5.10 Å². The molecule has 0 bridgehead atoms. The van der Waals surface area contributed by atoms with Crippen LogP contribution < -0.4 is 0 Å². The summed E-state index contributed by atoms with van der Waals surface area (Å²) >= 11 is 0. The number of hydrogen-bond acceptors (Lipinski definition) is 1. The van der Waals surface area contributed by atoms with Gasteiger partial charge in [-0.2, -0.15) is 5.10 Å². The van der Waals surface area contributed by atoms with Gasteiger partial charge in [0.2, 0.25) is 0 Å². The topological polar surface area (TPSA) is 28.7 Å². The predicted octanol–water partition coefficient (Wildman–Crippen LogP) is 4.83. The fraction of sp³-hybridized carbons (Fsp3) is 0.800. The molecule has 1 heterocycles. The van der Waals surface area contributed by atoms with E-state index in [0.717, 1.165) is 0 Å². The summed E-state index contributed by atoms with van der Waals surface area (Å²) in [4.78, 5) is 0. The molecule has 2 heteroatoms. The highest BCUT2D eigenvalue weighted by Crippen LogP contribution is 2.33. The van der Waals surface area contributed by atoms with Crippen LogP contribution in [0.15, 0.2) is 12.3 Å². The van der Waals surface area contributed by atoms with Gasteiger partial charge in [-0.1, -0.05) is 59.3 Å². The number of rotatable bonds is 9. The van der Waals surface area contributed by atoms with Crippen LogP contribution in [0.25, 0.3) is 0 Å². The lowest BCUT2D eigenvalue weighted by molar-refractivity contribution is 0.359. The van der Waals surface area contributed by atoms with Crippen molar-refractivity contribution in [2.45, 2.75) is 77.6 Å². The van der Waals surface area contributed by atoms with Gasteiger partial charge in [0, 0.05) is 17.3 Å². The number of H-pyrrole nitrogens is 1. The molecule has 2 nitrogen and oxygen atoms in total. The normalized spacial score (nSPS) is 14.8. The molecule has 0 aliphatic heterocycles. The standard InChI is InChI=1S/C15H28N2/c1-4-6-8-9-12-15(3,11-7-5-2)14-10-13-16-17-14/h10,13H,4-9,11-12H2,1-3H3,(H,16,17). The van der Waals surface area contributed by atoms with E-state index >= 15 is 0 Å². The minimum absolute atomic E-state index is 0.306. The molecule has 0 aliphatic carbocycles. The quantitative estimate of drug-likeness (QED) is 0.611. The van der Waals surface area contributed by atoms with Crippen molar-refractivity contribution in [3.8, 4) is 0 Å². The molecule has 0 saturated heterocycles. The van der Waals surface area contributed by atoms with Gasteiger partial charge in [0.1, 0.15) is 0 Å². The van der Waals surface area contributed by atoms with Crippen molar-refractivity contribution < 1.29 is 0 Å². The summed E-state index contributed by atoms with van der Waals surface area (Å²) in [5.74, 6) is 0. The van der Waals surface area contributed by atoms with E-state index < -0.39 is 0 Å². The second kappa shape index (κ2) is 7.52. The number of hydrogen-bond donors (Lipinski definition) is 1. The Morgan fingerprint density at radius 3 is 2.35 bits per heavy atom.